The van der Waals surface area contributed by atoms with Gasteiger partial charge in [0.2, 0.25) is 0 Å². The predicted molar refractivity (Wildman–Crippen MR) is 61.0 cm³/mol. The predicted octanol–water partition coefficient (Wildman–Crippen LogP) is 0.0676. The monoisotopic (exact) mass is 216 g/mol. The Balaban J connectivity index is 2.34. The molecule has 2 unspecified atom stereocenters. The zero-order valence-electron chi connectivity index (χ0n) is 10.1. The zero-order valence-corrected chi connectivity index (χ0v) is 10.1. The number of hydrogen-bond acceptors (Lipinski definition) is 4. The molecule has 15 heavy (non-hydrogen) atoms. The Morgan fingerprint density at radius 3 is 2.87 bits per heavy atom. The lowest BCUT2D eigenvalue weighted by molar-refractivity contribution is -0.00527. The van der Waals surface area contributed by atoms with E-state index in [4.69, 9.17) is 4.74 Å². The van der Waals surface area contributed by atoms with E-state index in [1.807, 2.05) is 7.05 Å². The van der Waals surface area contributed by atoms with E-state index in [0.717, 1.165) is 32.7 Å². The van der Waals surface area contributed by atoms with Crippen LogP contribution in [0.5, 0.6) is 0 Å². The Kier molecular flexibility index (Phi) is 4.99. The first-order valence-corrected chi connectivity index (χ1v) is 5.73. The van der Waals surface area contributed by atoms with Crippen LogP contribution in [-0.2, 0) is 4.74 Å². The van der Waals surface area contributed by atoms with Crippen molar-refractivity contribution in [2.24, 2.45) is 0 Å². The number of morpholine rings is 1. The van der Waals surface area contributed by atoms with E-state index in [1.54, 1.807) is 0 Å². The summed E-state index contributed by atoms with van der Waals surface area (Å²) in [4.78, 5) is 2.43. The summed E-state index contributed by atoms with van der Waals surface area (Å²) in [5.74, 6) is 0. The van der Waals surface area contributed by atoms with Gasteiger partial charge in [0.15, 0.2) is 0 Å². The third-order valence-corrected chi connectivity index (χ3v) is 3.41. The first-order chi connectivity index (χ1) is 7.11. The number of aliphatic hydroxyl groups excluding tert-OH is 1. The van der Waals surface area contributed by atoms with Crippen LogP contribution in [-0.4, -0.2) is 61.5 Å². The van der Waals surface area contributed by atoms with Crippen LogP contribution in [0.15, 0.2) is 0 Å². The summed E-state index contributed by atoms with van der Waals surface area (Å²) < 4.78 is 5.39. The van der Waals surface area contributed by atoms with E-state index in [1.165, 1.54) is 0 Å². The Bertz CT molecular complexity index is 183. The molecule has 4 heteroatoms. The molecule has 0 radical (unpaired) electrons. The van der Waals surface area contributed by atoms with Gasteiger partial charge in [0, 0.05) is 24.7 Å². The van der Waals surface area contributed by atoms with E-state index < -0.39 is 0 Å². The van der Waals surface area contributed by atoms with Crippen molar-refractivity contribution in [2.45, 2.75) is 31.8 Å². The molecule has 1 saturated heterocycles. The summed E-state index contributed by atoms with van der Waals surface area (Å²) in [5, 5.41) is 12.4. The Morgan fingerprint density at radius 2 is 2.33 bits per heavy atom. The number of aliphatic hydroxyl groups is 1. The summed E-state index contributed by atoms with van der Waals surface area (Å²) in [6, 6.07) is 0.499. The first-order valence-electron chi connectivity index (χ1n) is 5.73. The van der Waals surface area contributed by atoms with Crippen molar-refractivity contribution >= 4 is 0 Å². The fraction of sp³-hybridized carbons (Fsp3) is 1.00. The van der Waals surface area contributed by atoms with Crippen molar-refractivity contribution in [1.82, 2.24) is 10.2 Å². The van der Waals surface area contributed by atoms with Crippen LogP contribution in [0.4, 0.5) is 0 Å². The lowest BCUT2D eigenvalue weighted by Crippen LogP contribution is -2.49. The molecule has 1 heterocycles. The molecule has 0 aromatic carbocycles. The Morgan fingerprint density at radius 1 is 1.60 bits per heavy atom. The van der Waals surface area contributed by atoms with Crippen molar-refractivity contribution in [2.75, 3.05) is 40.0 Å². The van der Waals surface area contributed by atoms with E-state index in [2.05, 4.69) is 24.1 Å². The topological polar surface area (TPSA) is 44.7 Å². The molecule has 4 nitrogen and oxygen atoms in total. The van der Waals surface area contributed by atoms with Gasteiger partial charge in [-0.15, -0.1) is 0 Å². The molecule has 0 bridgehead atoms. The highest BCUT2D eigenvalue weighted by Crippen LogP contribution is 2.12. The minimum atomic E-state index is -0.155. The maximum absolute atomic E-state index is 9.27. The fourth-order valence-corrected chi connectivity index (χ4v) is 1.77. The molecule has 0 aromatic rings. The van der Waals surface area contributed by atoms with E-state index in [9.17, 15) is 5.11 Å². The van der Waals surface area contributed by atoms with E-state index >= 15 is 0 Å². The lowest BCUT2D eigenvalue weighted by atomic mass is 9.98. The van der Waals surface area contributed by atoms with Crippen molar-refractivity contribution in [1.29, 1.82) is 0 Å². The van der Waals surface area contributed by atoms with Crippen LogP contribution < -0.4 is 5.32 Å². The van der Waals surface area contributed by atoms with Crippen molar-refractivity contribution in [3.63, 3.8) is 0 Å². The number of nitrogens with zero attached hydrogens (tertiary/aromatic N) is 1. The molecule has 90 valence electrons. The molecule has 0 amide bonds. The fourth-order valence-electron chi connectivity index (χ4n) is 1.77. The minimum absolute atomic E-state index is 0.155. The van der Waals surface area contributed by atoms with Crippen LogP contribution >= 0.6 is 0 Å². The number of nitrogens with one attached hydrogen (secondary N) is 1. The van der Waals surface area contributed by atoms with E-state index in [0.29, 0.717) is 6.04 Å². The quantitative estimate of drug-likeness (QED) is 0.682. The average Bonchev–Trinajstić information content (AvgIpc) is 2.28. The molecule has 1 fully saturated rings. The summed E-state index contributed by atoms with van der Waals surface area (Å²) >= 11 is 0. The lowest BCUT2D eigenvalue weighted by Gasteiger charge is -2.36. The Hall–Kier alpha value is -0.160. The first kappa shape index (κ1) is 12.9. The second-order valence-corrected chi connectivity index (χ2v) is 4.68. The molecule has 0 aromatic heterocycles. The van der Waals surface area contributed by atoms with Gasteiger partial charge in [-0.3, -0.25) is 4.90 Å². The molecule has 0 spiro atoms. The summed E-state index contributed by atoms with van der Waals surface area (Å²) in [6.07, 6.45) is 0.963. The largest absolute Gasteiger partial charge is 0.394 e. The molecule has 1 aliphatic rings. The van der Waals surface area contributed by atoms with Gasteiger partial charge < -0.3 is 15.2 Å². The summed E-state index contributed by atoms with van der Waals surface area (Å²) in [5.41, 5.74) is -0.155. The van der Waals surface area contributed by atoms with Gasteiger partial charge in [-0.1, -0.05) is 0 Å². The SMILES string of the molecule is CNC(C)(CO)CCN1CCOCC1C. The maximum atomic E-state index is 9.27. The number of ether oxygens (including phenoxy) is 1. The second-order valence-electron chi connectivity index (χ2n) is 4.68. The normalized spacial score (nSPS) is 27.6. The maximum Gasteiger partial charge on any atom is 0.0619 e. The smallest absolute Gasteiger partial charge is 0.0619 e. The van der Waals surface area contributed by atoms with Gasteiger partial charge in [0.1, 0.15) is 0 Å². The van der Waals surface area contributed by atoms with Crippen molar-refractivity contribution in [3.8, 4) is 0 Å². The molecule has 0 saturated carbocycles. The van der Waals surface area contributed by atoms with Gasteiger partial charge in [0.25, 0.3) is 0 Å². The van der Waals surface area contributed by atoms with Crippen LogP contribution in [0.1, 0.15) is 20.3 Å². The summed E-state index contributed by atoms with van der Waals surface area (Å²) in [7, 11) is 1.90. The average molecular weight is 216 g/mol. The molecule has 1 rings (SSSR count). The third kappa shape index (κ3) is 3.72. The minimum Gasteiger partial charge on any atom is -0.394 e. The molecule has 1 aliphatic heterocycles. The van der Waals surface area contributed by atoms with Crippen LogP contribution in [0.25, 0.3) is 0 Å². The van der Waals surface area contributed by atoms with Crippen molar-refractivity contribution in [3.05, 3.63) is 0 Å². The highest BCUT2D eigenvalue weighted by Gasteiger charge is 2.24. The Labute approximate surface area is 92.6 Å². The number of rotatable bonds is 5. The van der Waals surface area contributed by atoms with Crippen LogP contribution in [0.2, 0.25) is 0 Å². The van der Waals surface area contributed by atoms with Gasteiger partial charge in [-0.05, 0) is 27.3 Å². The second kappa shape index (κ2) is 5.80. The highest BCUT2D eigenvalue weighted by atomic mass is 16.5. The van der Waals surface area contributed by atoms with Gasteiger partial charge >= 0.3 is 0 Å². The molecular formula is C11H24N2O2. The van der Waals surface area contributed by atoms with Crippen LogP contribution in [0.3, 0.4) is 0 Å². The van der Waals surface area contributed by atoms with Gasteiger partial charge in [-0.25, -0.2) is 0 Å². The third-order valence-electron chi connectivity index (χ3n) is 3.41. The molecule has 2 atom stereocenters. The number of likely N-dealkylation sites (N-methyl/N-ethyl adjacent to an activating group) is 1. The number of hydrogen-bond donors (Lipinski definition) is 2. The van der Waals surface area contributed by atoms with Crippen molar-refractivity contribution < 1.29 is 9.84 Å². The summed E-state index contributed by atoms with van der Waals surface area (Å²) in [6.45, 7) is 8.11. The van der Waals surface area contributed by atoms with Gasteiger partial charge in [-0.2, -0.15) is 0 Å². The molecular weight excluding hydrogens is 192 g/mol. The molecule has 2 N–H and O–H groups in total. The standard InChI is InChI=1S/C11H24N2O2/c1-10-8-15-7-6-13(10)5-4-11(2,9-14)12-3/h10,12,14H,4-9H2,1-3H3. The zero-order chi connectivity index (χ0) is 11.3. The highest BCUT2D eigenvalue weighted by molar-refractivity contribution is 4.83. The van der Waals surface area contributed by atoms with E-state index in [-0.39, 0.29) is 12.1 Å². The van der Waals surface area contributed by atoms with Gasteiger partial charge in [0.05, 0.1) is 19.8 Å². The molecule has 0 aliphatic carbocycles. The van der Waals surface area contributed by atoms with Crippen LogP contribution in [0, 0.1) is 0 Å².